The van der Waals surface area contributed by atoms with Crippen molar-refractivity contribution in [1.82, 2.24) is 10.2 Å². The number of halogens is 3. The second-order valence-electron chi connectivity index (χ2n) is 5.80. The van der Waals surface area contributed by atoms with E-state index in [1.807, 2.05) is 7.05 Å². The Bertz CT molecular complexity index is 455. The molecule has 21 heavy (non-hydrogen) atoms. The molecule has 0 heterocycles. The zero-order chi connectivity index (χ0) is 15.5. The number of benzene rings is 1. The molecule has 0 radical (unpaired) electrons. The molecule has 118 valence electrons. The van der Waals surface area contributed by atoms with Crippen molar-refractivity contribution in [3.8, 4) is 0 Å². The standard InChI is InChI=1S/C16H23F3N2/c1-3-9-20-15(11-21(2)14-7-8-14)12-5-4-6-13(10-12)16(17,18)19/h4-6,10,14-15,20H,3,7-9,11H2,1-2H3. The molecule has 0 amide bonds. The summed E-state index contributed by atoms with van der Waals surface area (Å²) in [4.78, 5) is 2.24. The molecule has 0 bridgehead atoms. The molecule has 1 aliphatic carbocycles. The van der Waals surface area contributed by atoms with E-state index in [4.69, 9.17) is 0 Å². The van der Waals surface area contributed by atoms with Crippen molar-refractivity contribution < 1.29 is 13.2 Å². The molecule has 1 aromatic carbocycles. The van der Waals surface area contributed by atoms with Gasteiger partial charge in [-0.25, -0.2) is 0 Å². The molecule has 1 aromatic rings. The first kappa shape index (κ1) is 16.3. The van der Waals surface area contributed by atoms with Gasteiger partial charge in [0.2, 0.25) is 0 Å². The number of hydrogen-bond acceptors (Lipinski definition) is 2. The van der Waals surface area contributed by atoms with Gasteiger partial charge < -0.3 is 10.2 Å². The third-order valence-corrected chi connectivity index (χ3v) is 3.90. The minimum Gasteiger partial charge on any atom is -0.309 e. The Kier molecular flexibility index (Phi) is 5.27. The molecule has 2 nitrogen and oxygen atoms in total. The van der Waals surface area contributed by atoms with Crippen LogP contribution < -0.4 is 5.32 Å². The first-order valence-electron chi connectivity index (χ1n) is 7.52. The molecule has 2 rings (SSSR count). The number of nitrogens with zero attached hydrogens (tertiary/aromatic N) is 1. The molecule has 1 aliphatic rings. The monoisotopic (exact) mass is 300 g/mol. The average Bonchev–Trinajstić information content (AvgIpc) is 3.27. The minimum atomic E-state index is -4.28. The molecular formula is C16H23F3N2. The van der Waals surface area contributed by atoms with Crippen LogP contribution in [0.2, 0.25) is 0 Å². The average molecular weight is 300 g/mol. The number of rotatable bonds is 7. The molecule has 1 atom stereocenters. The summed E-state index contributed by atoms with van der Waals surface area (Å²) in [7, 11) is 2.05. The Hall–Kier alpha value is -1.07. The molecular weight excluding hydrogens is 277 g/mol. The number of alkyl halides is 3. The summed E-state index contributed by atoms with van der Waals surface area (Å²) in [5, 5.41) is 3.37. The number of hydrogen-bond donors (Lipinski definition) is 1. The van der Waals surface area contributed by atoms with Gasteiger partial charge in [0.1, 0.15) is 0 Å². The highest BCUT2D eigenvalue weighted by Gasteiger charge is 2.32. The Balaban J connectivity index is 2.14. The van der Waals surface area contributed by atoms with E-state index in [0.29, 0.717) is 11.6 Å². The van der Waals surface area contributed by atoms with Gasteiger partial charge in [0.05, 0.1) is 5.56 Å². The zero-order valence-electron chi connectivity index (χ0n) is 12.6. The number of likely N-dealkylation sites (N-methyl/N-ethyl adjacent to an activating group) is 1. The van der Waals surface area contributed by atoms with E-state index in [1.54, 1.807) is 6.07 Å². The lowest BCUT2D eigenvalue weighted by atomic mass is 10.0. The van der Waals surface area contributed by atoms with Gasteiger partial charge in [0, 0.05) is 18.6 Å². The van der Waals surface area contributed by atoms with E-state index in [9.17, 15) is 13.2 Å². The quantitative estimate of drug-likeness (QED) is 0.823. The van der Waals surface area contributed by atoms with Crippen molar-refractivity contribution in [2.75, 3.05) is 20.1 Å². The van der Waals surface area contributed by atoms with E-state index in [1.165, 1.54) is 25.0 Å². The Morgan fingerprint density at radius 2 is 2.05 bits per heavy atom. The SMILES string of the molecule is CCCNC(CN(C)C1CC1)c1cccc(C(F)(F)F)c1. The highest BCUT2D eigenvalue weighted by molar-refractivity contribution is 5.28. The molecule has 0 saturated heterocycles. The molecule has 1 saturated carbocycles. The van der Waals surface area contributed by atoms with Gasteiger partial charge >= 0.3 is 6.18 Å². The van der Waals surface area contributed by atoms with Gasteiger partial charge in [-0.2, -0.15) is 13.2 Å². The minimum absolute atomic E-state index is 0.0575. The lowest BCUT2D eigenvalue weighted by molar-refractivity contribution is -0.137. The van der Waals surface area contributed by atoms with Crippen LogP contribution in [0.15, 0.2) is 24.3 Å². The summed E-state index contributed by atoms with van der Waals surface area (Å²) in [6, 6.07) is 6.22. The molecule has 5 heteroatoms. The fourth-order valence-electron chi connectivity index (χ4n) is 2.49. The summed E-state index contributed by atoms with van der Waals surface area (Å²) >= 11 is 0. The van der Waals surface area contributed by atoms with Crippen LogP contribution >= 0.6 is 0 Å². The van der Waals surface area contributed by atoms with Crippen LogP contribution in [0.3, 0.4) is 0 Å². The fraction of sp³-hybridized carbons (Fsp3) is 0.625. The first-order valence-corrected chi connectivity index (χ1v) is 7.52. The van der Waals surface area contributed by atoms with Gasteiger partial charge in [0.25, 0.3) is 0 Å². The van der Waals surface area contributed by atoms with Crippen molar-refractivity contribution in [1.29, 1.82) is 0 Å². The third-order valence-electron chi connectivity index (χ3n) is 3.90. The van der Waals surface area contributed by atoms with Crippen LogP contribution in [-0.4, -0.2) is 31.1 Å². The van der Waals surface area contributed by atoms with Crippen LogP contribution in [0.4, 0.5) is 13.2 Å². The molecule has 1 unspecified atom stereocenters. The normalized spacial score (nSPS) is 17.2. The van der Waals surface area contributed by atoms with Crippen LogP contribution in [-0.2, 0) is 6.18 Å². The Morgan fingerprint density at radius 1 is 1.33 bits per heavy atom. The summed E-state index contributed by atoms with van der Waals surface area (Å²) in [5.41, 5.74) is 0.142. The maximum atomic E-state index is 12.9. The summed E-state index contributed by atoms with van der Waals surface area (Å²) in [6.07, 6.45) is -0.935. The maximum Gasteiger partial charge on any atom is 0.416 e. The van der Waals surface area contributed by atoms with Gasteiger partial charge in [-0.15, -0.1) is 0 Å². The van der Waals surface area contributed by atoms with E-state index in [0.717, 1.165) is 25.6 Å². The van der Waals surface area contributed by atoms with E-state index in [2.05, 4.69) is 17.1 Å². The molecule has 1 N–H and O–H groups in total. The third kappa shape index (κ3) is 4.71. The molecule has 0 spiro atoms. The van der Waals surface area contributed by atoms with Crippen LogP contribution in [0.5, 0.6) is 0 Å². The van der Waals surface area contributed by atoms with Crippen molar-refractivity contribution in [3.63, 3.8) is 0 Å². The molecule has 1 fully saturated rings. The van der Waals surface area contributed by atoms with Gasteiger partial charge in [-0.05, 0) is 50.6 Å². The van der Waals surface area contributed by atoms with Crippen molar-refractivity contribution in [3.05, 3.63) is 35.4 Å². The smallest absolute Gasteiger partial charge is 0.309 e. The molecule has 0 aromatic heterocycles. The van der Waals surface area contributed by atoms with Gasteiger partial charge in [-0.1, -0.05) is 19.1 Å². The Labute approximate surface area is 124 Å². The van der Waals surface area contributed by atoms with Gasteiger partial charge in [0.15, 0.2) is 0 Å². The highest BCUT2D eigenvalue weighted by Crippen LogP contribution is 2.32. The largest absolute Gasteiger partial charge is 0.416 e. The van der Waals surface area contributed by atoms with Crippen molar-refractivity contribution >= 4 is 0 Å². The van der Waals surface area contributed by atoms with E-state index >= 15 is 0 Å². The summed E-state index contributed by atoms with van der Waals surface area (Å²) in [6.45, 7) is 3.60. The first-order chi connectivity index (χ1) is 9.91. The summed E-state index contributed by atoms with van der Waals surface area (Å²) in [5.74, 6) is 0. The number of nitrogens with one attached hydrogen (secondary N) is 1. The summed E-state index contributed by atoms with van der Waals surface area (Å²) < 4.78 is 38.6. The highest BCUT2D eigenvalue weighted by atomic mass is 19.4. The zero-order valence-corrected chi connectivity index (χ0v) is 12.6. The predicted molar refractivity (Wildman–Crippen MR) is 78.1 cm³/mol. The predicted octanol–water partition coefficient (Wildman–Crippen LogP) is 3.84. The van der Waals surface area contributed by atoms with Crippen LogP contribution in [0.25, 0.3) is 0 Å². The maximum absolute atomic E-state index is 12.9. The van der Waals surface area contributed by atoms with Crippen LogP contribution in [0.1, 0.15) is 43.4 Å². The Morgan fingerprint density at radius 3 is 2.62 bits per heavy atom. The van der Waals surface area contributed by atoms with Gasteiger partial charge in [-0.3, -0.25) is 0 Å². The van der Waals surface area contributed by atoms with Crippen molar-refractivity contribution in [2.24, 2.45) is 0 Å². The van der Waals surface area contributed by atoms with Crippen LogP contribution in [0, 0.1) is 0 Å². The van der Waals surface area contributed by atoms with E-state index in [-0.39, 0.29) is 6.04 Å². The topological polar surface area (TPSA) is 15.3 Å². The second kappa shape index (κ2) is 6.79. The second-order valence-corrected chi connectivity index (χ2v) is 5.80. The lowest BCUT2D eigenvalue weighted by Crippen LogP contribution is -2.34. The van der Waals surface area contributed by atoms with E-state index < -0.39 is 11.7 Å². The van der Waals surface area contributed by atoms with Crippen molar-refractivity contribution in [2.45, 2.75) is 44.4 Å². The lowest BCUT2D eigenvalue weighted by Gasteiger charge is -2.26. The molecule has 0 aliphatic heterocycles. The fourth-order valence-corrected chi connectivity index (χ4v) is 2.49.